The van der Waals surface area contributed by atoms with Crippen LogP contribution in [0.2, 0.25) is 0 Å². The summed E-state index contributed by atoms with van der Waals surface area (Å²) < 4.78 is 5.38. The van der Waals surface area contributed by atoms with Gasteiger partial charge in [-0.3, -0.25) is 0 Å². The van der Waals surface area contributed by atoms with Crippen LogP contribution in [0.1, 0.15) is 39.0 Å². The van der Waals surface area contributed by atoms with E-state index in [0.29, 0.717) is 6.04 Å². The van der Waals surface area contributed by atoms with Crippen LogP contribution >= 0.6 is 0 Å². The Morgan fingerprint density at radius 3 is 2.92 bits per heavy atom. The van der Waals surface area contributed by atoms with Gasteiger partial charge in [0.15, 0.2) is 0 Å². The Hall–Kier alpha value is -0.0800. The highest BCUT2D eigenvalue weighted by Gasteiger charge is 2.11. The van der Waals surface area contributed by atoms with Crippen LogP contribution < -0.4 is 5.32 Å². The maximum atomic E-state index is 5.38. The number of unbranched alkanes of at least 4 members (excludes halogenated alkanes) is 3. The predicted octanol–water partition coefficient (Wildman–Crippen LogP) is 1.95. The highest BCUT2D eigenvalue weighted by Crippen LogP contribution is 2.07. The molecule has 0 amide bonds. The fraction of sp³-hybridized carbons (Fsp3) is 1.00. The van der Waals surface area contributed by atoms with E-state index in [-0.39, 0.29) is 0 Å². The lowest BCUT2D eigenvalue weighted by atomic mass is 10.1. The second-order valence-corrected chi connectivity index (χ2v) is 3.58. The molecule has 1 unspecified atom stereocenters. The van der Waals surface area contributed by atoms with Gasteiger partial charge in [-0.1, -0.05) is 32.6 Å². The minimum Gasteiger partial charge on any atom is -0.379 e. The van der Waals surface area contributed by atoms with Gasteiger partial charge in [0.2, 0.25) is 0 Å². The largest absolute Gasteiger partial charge is 0.379 e. The molecule has 1 atom stereocenters. The maximum Gasteiger partial charge on any atom is 0.0620 e. The molecule has 0 aromatic rings. The summed E-state index contributed by atoms with van der Waals surface area (Å²) in [7, 11) is 0. The van der Waals surface area contributed by atoms with Gasteiger partial charge in [-0.2, -0.15) is 0 Å². The van der Waals surface area contributed by atoms with Crippen LogP contribution in [-0.2, 0) is 4.74 Å². The standard InChI is InChI=1S/C10H21NO/c1-2-3-4-5-6-10-9-12-8-7-11-10/h10-11H,2-9H2,1H3. The number of morpholine rings is 1. The number of ether oxygens (including phenoxy) is 1. The molecular formula is C10H21NO. The summed E-state index contributed by atoms with van der Waals surface area (Å²) in [5.41, 5.74) is 0. The Labute approximate surface area is 75.7 Å². The van der Waals surface area contributed by atoms with E-state index in [0.717, 1.165) is 19.8 Å². The zero-order valence-corrected chi connectivity index (χ0v) is 8.14. The van der Waals surface area contributed by atoms with Crippen molar-refractivity contribution in [3.8, 4) is 0 Å². The van der Waals surface area contributed by atoms with Crippen LogP contribution in [0.5, 0.6) is 0 Å². The minimum absolute atomic E-state index is 0.635. The molecular weight excluding hydrogens is 150 g/mol. The average Bonchev–Trinajstić information content (AvgIpc) is 2.14. The van der Waals surface area contributed by atoms with Crippen LogP contribution in [-0.4, -0.2) is 25.8 Å². The van der Waals surface area contributed by atoms with Gasteiger partial charge in [-0.05, 0) is 6.42 Å². The molecule has 1 aliphatic rings. The van der Waals surface area contributed by atoms with Crippen LogP contribution in [0.3, 0.4) is 0 Å². The normalized spacial score (nSPS) is 24.2. The van der Waals surface area contributed by atoms with Crippen molar-refractivity contribution in [2.75, 3.05) is 19.8 Å². The molecule has 2 heteroatoms. The second kappa shape index (κ2) is 6.44. The Morgan fingerprint density at radius 1 is 1.33 bits per heavy atom. The van der Waals surface area contributed by atoms with Gasteiger partial charge < -0.3 is 10.1 Å². The van der Waals surface area contributed by atoms with E-state index in [4.69, 9.17) is 4.74 Å². The van der Waals surface area contributed by atoms with E-state index in [1.165, 1.54) is 32.1 Å². The zero-order chi connectivity index (χ0) is 8.65. The van der Waals surface area contributed by atoms with E-state index in [1.807, 2.05) is 0 Å². The lowest BCUT2D eigenvalue weighted by Gasteiger charge is -2.23. The highest BCUT2D eigenvalue weighted by atomic mass is 16.5. The maximum absolute atomic E-state index is 5.38. The molecule has 0 aromatic heterocycles. The molecule has 2 nitrogen and oxygen atoms in total. The van der Waals surface area contributed by atoms with Gasteiger partial charge in [0, 0.05) is 12.6 Å². The van der Waals surface area contributed by atoms with Gasteiger partial charge in [-0.25, -0.2) is 0 Å². The summed E-state index contributed by atoms with van der Waals surface area (Å²) in [6.07, 6.45) is 6.74. The second-order valence-electron chi connectivity index (χ2n) is 3.58. The summed E-state index contributed by atoms with van der Waals surface area (Å²) in [5.74, 6) is 0. The molecule has 1 saturated heterocycles. The third-order valence-electron chi connectivity index (χ3n) is 2.40. The van der Waals surface area contributed by atoms with Crippen molar-refractivity contribution in [1.82, 2.24) is 5.32 Å². The van der Waals surface area contributed by atoms with E-state index in [1.54, 1.807) is 0 Å². The predicted molar refractivity (Wildman–Crippen MR) is 51.4 cm³/mol. The van der Waals surface area contributed by atoms with E-state index in [9.17, 15) is 0 Å². The Bertz CT molecular complexity index is 100. The first-order valence-electron chi connectivity index (χ1n) is 5.24. The molecule has 0 radical (unpaired) electrons. The molecule has 1 fully saturated rings. The first kappa shape index (κ1) is 10.0. The van der Waals surface area contributed by atoms with Crippen LogP contribution in [0.15, 0.2) is 0 Å². The molecule has 72 valence electrons. The van der Waals surface area contributed by atoms with Crippen LogP contribution in [0, 0.1) is 0 Å². The van der Waals surface area contributed by atoms with Gasteiger partial charge in [0.1, 0.15) is 0 Å². The van der Waals surface area contributed by atoms with Crippen molar-refractivity contribution < 1.29 is 4.74 Å². The minimum atomic E-state index is 0.635. The van der Waals surface area contributed by atoms with Crippen molar-refractivity contribution >= 4 is 0 Å². The third kappa shape index (κ3) is 4.07. The quantitative estimate of drug-likeness (QED) is 0.638. The monoisotopic (exact) mass is 171 g/mol. The van der Waals surface area contributed by atoms with Crippen molar-refractivity contribution in [2.45, 2.75) is 45.1 Å². The molecule has 12 heavy (non-hydrogen) atoms. The van der Waals surface area contributed by atoms with E-state index < -0.39 is 0 Å². The fourth-order valence-corrected chi connectivity index (χ4v) is 1.62. The SMILES string of the molecule is CCCCCCC1COCCN1. The topological polar surface area (TPSA) is 21.3 Å². The number of rotatable bonds is 5. The molecule has 0 aliphatic carbocycles. The Kier molecular flexibility index (Phi) is 5.37. The fourth-order valence-electron chi connectivity index (χ4n) is 1.62. The van der Waals surface area contributed by atoms with Crippen molar-refractivity contribution in [1.29, 1.82) is 0 Å². The molecule has 1 heterocycles. The lowest BCUT2D eigenvalue weighted by Crippen LogP contribution is -2.41. The Morgan fingerprint density at radius 2 is 2.25 bits per heavy atom. The molecule has 0 aromatic carbocycles. The first-order chi connectivity index (χ1) is 5.93. The summed E-state index contributed by atoms with van der Waals surface area (Å²) >= 11 is 0. The number of hydrogen-bond donors (Lipinski definition) is 1. The summed E-state index contributed by atoms with van der Waals surface area (Å²) in [4.78, 5) is 0. The first-order valence-corrected chi connectivity index (χ1v) is 5.24. The molecule has 1 N–H and O–H groups in total. The van der Waals surface area contributed by atoms with Crippen molar-refractivity contribution in [3.63, 3.8) is 0 Å². The van der Waals surface area contributed by atoms with Gasteiger partial charge >= 0.3 is 0 Å². The summed E-state index contributed by atoms with van der Waals surface area (Å²) in [6, 6.07) is 0.635. The van der Waals surface area contributed by atoms with Gasteiger partial charge in [-0.15, -0.1) is 0 Å². The molecule has 0 saturated carbocycles. The van der Waals surface area contributed by atoms with Gasteiger partial charge in [0.05, 0.1) is 13.2 Å². The zero-order valence-electron chi connectivity index (χ0n) is 8.14. The lowest BCUT2D eigenvalue weighted by molar-refractivity contribution is 0.0733. The van der Waals surface area contributed by atoms with Crippen LogP contribution in [0.25, 0.3) is 0 Å². The highest BCUT2D eigenvalue weighted by molar-refractivity contribution is 4.69. The number of nitrogens with one attached hydrogen (secondary N) is 1. The van der Waals surface area contributed by atoms with Crippen molar-refractivity contribution in [3.05, 3.63) is 0 Å². The molecule has 0 bridgehead atoms. The summed E-state index contributed by atoms with van der Waals surface area (Å²) in [5, 5.41) is 3.47. The smallest absolute Gasteiger partial charge is 0.0620 e. The van der Waals surface area contributed by atoms with Crippen molar-refractivity contribution in [2.24, 2.45) is 0 Å². The molecule has 0 spiro atoms. The van der Waals surface area contributed by atoms with Gasteiger partial charge in [0.25, 0.3) is 0 Å². The molecule has 1 rings (SSSR count). The van der Waals surface area contributed by atoms with E-state index >= 15 is 0 Å². The third-order valence-corrected chi connectivity index (χ3v) is 2.40. The average molecular weight is 171 g/mol. The Balaban J connectivity index is 1.91. The number of hydrogen-bond acceptors (Lipinski definition) is 2. The summed E-state index contributed by atoms with van der Waals surface area (Å²) in [6.45, 7) is 5.11. The molecule has 1 aliphatic heterocycles. The van der Waals surface area contributed by atoms with E-state index in [2.05, 4.69) is 12.2 Å². The van der Waals surface area contributed by atoms with Crippen LogP contribution in [0.4, 0.5) is 0 Å².